The molecule has 0 spiro atoms. The summed E-state index contributed by atoms with van der Waals surface area (Å²) in [5.74, 6) is -1.13. The van der Waals surface area contributed by atoms with Crippen molar-refractivity contribution >= 4 is 23.1 Å². The zero-order valence-electron chi connectivity index (χ0n) is 15.9. The maximum atomic E-state index is 13.4. The lowest BCUT2D eigenvalue weighted by Gasteiger charge is -2.29. The summed E-state index contributed by atoms with van der Waals surface area (Å²) >= 11 is 0. The van der Waals surface area contributed by atoms with Gasteiger partial charge in [0, 0.05) is 13.1 Å². The molecule has 2 aromatic rings. The van der Waals surface area contributed by atoms with Crippen molar-refractivity contribution in [1.82, 2.24) is 4.90 Å². The van der Waals surface area contributed by atoms with Crippen LogP contribution in [0, 0.1) is 19.7 Å². The van der Waals surface area contributed by atoms with E-state index in [0.717, 1.165) is 11.1 Å². The molecule has 0 radical (unpaired) electrons. The molecule has 2 amide bonds. The predicted octanol–water partition coefficient (Wildman–Crippen LogP) is 3.06. The predicted molar refractivity (Wildman–Crippen MR) is 104 cm³/mol. The summed E-state index contributed by atoms with van der Waals surface area (Å²) in [5, 5.41) is 0. The maximum absolute atomic E-state index is 13.4. The summed E-state index contributed by atoms with van der Waals surface area (Å²) in [6.45, 7) is 5.90. The number of ether oxygens (including phenoxy) is 1. The first-order chi connectivity index (χ1) is 13.5. The normalized spacial score (nSPS) is 17.7. The number of morpholine rings is 1. The lowest BCUT2D eigenvalue weighted by atomic mass is 10.0. The Kier molecular flexibility index (Phi) is 4.73. The van der Waals surface area contributed by atoms with Gasteiger partial charge in [0.25, 0.3) is 11.8 Å². The van der Waals surface area contributed by atoms with Gasteiger partial charge in [-0.1, -0.05) is 18.2 Å². The Labute approximate surface area is 163 Å². The summed E-state index contributed by atoms with van der Waals surface area (Å²) in [6.07, 6.45) is 0. The molecule has 0 bridgehead atoms. The van der Waals surface area contributed by atoms with E-state index < -0.39 is 0 Å². The van der Waals surface area contributed by atoms with Crippen LogP contribution in [0.1, 0.15) is 16.7 Å². The van der Waals surface area contributed by atoms with E-state index in [2.05, 4.69) is 0 Å². The Morgan fingerprint density at radius 2 is 1.50 bits per heavy atom. The average Bonchev–Trinajstić information content (AvgIpc) is 2.93. The molecular weight excluding hydrogens is 359 g/mol. The van der Waals surface area contributed by atoms with Crippen LogP contribution < -0.4 is 4.90 Å². The van der Waals surface area contributed by atoms with Gasteiger partial charge in [-0.2, -0.15) is 0 Å². The highest BCUT2D eigenvalue weighted by atomic mass is 19.1. The molecule has 0 aliphatic carbocycles. The first-order valence-corrected chi connectivity index (χ1v) is 9.25. The number of rotatable bonds is 3. The van der Waals surface area contributed by atoms with Crippen molar-refractivity contribution in [3.8, 4) is 0 Å². The van der Waals surface area contributed by atoms with E-state index in [9.17, 15) is 14.0 Å². The van der Waals surface area contributed by atoms with E-state index in [-0.39, 0.29) is 17.6 Å². The molecule has 144 valence electrons. The van der Waals surface area contributed by atoms with Crippen molar-refractivity contribution in [3.63, 3.8) is 0 Å². The second kappa shape index (κ2) is 7.20. The Bertz CT molecular complexity index is 956. The van der Waals surface area contributed by atoms with Gasteiger partial charge in [0.2, 0.25) is 0 Å². The fraction of sp³-hybridized carbons (Fsp3) is 0.273. The van der Waals surface area contributed by atoms with Crippen LogP contribution in [-0.2, 0) is 14.3 Å². The number of hydrogen-bond acceptors (Lipinski definition) is 4. The SMILES string of the molecule is Cc1cc(C)cc(N2C(=O)C(c3ccc(F)cc3)=C(N3CCOCC3)C2=O)c1. The van der Waals surface area contributed by atoms with Gasteiger partial charge in [-0.05, 0) is 54.8 Å². The van der Waals surface area contributed by atoms with Crippen LogP contribution in [0.25, 0.3) is 5.57 Å². The first-order valence-electron chi connectivity index (χ1n) is 9.25. The zero-order chi connectivity index (χ0) is 19.8. The van der Waals surface area contributed by atoms with Gasteiger partial charge in [0.15, 0.2) is 0 Å². The standard InChI is InChI=1S/C22H21FN2O3/c1-14-11-15(2)13-18(12-14)25-21(26)19(16-3-5-17(23)6-4-16)20(22(25)27)24-7-9-28-10-8-24/h3-6,11-13H,7-10H2,1-2H3. The van der Waals surface area contributed by atoms with Gasteiger partial charge in [-0.15, -0.1) is 0 Å². The number of aryl methyl sites for hydroxylation is 2. The van der Waals surface area contributed by atoms with Crippen molar-refractivity contribution in [3.05, 3.63) is 70.7 Å². The van der Waals surface area contributed by atoms with Crippen LogP contribution in [0.2, 0.25) is 0 Å². The lowest BCUT2D eigenvalue weighted by molar-refractivity contribution is -0.121. The minimum Gasteiger partial charge on any atom is -0.378 e. The minimum atomic E-state index is -0.389. The number of hydrogen-bond donors (Lipinski definition) is 0. The first kappa shape index (κ1) is 18.4. The molecule has 5 nitrogen and oxygen atoms in total. The Morgan fingerprint density at radius 1 is 0.893 bits per heavy atom. The minimum absolute atomic E-state index is 0.311. The highest BCUT2D eigenvalue weighted by molar-refractivity contribution is 6.45. The summed E-state index contributed by atoms with van der Waals surface area (Å²) in [4.78, 5) is 29.9. The van der Waals surface area contributed by atoms with Crippen molar-refractivity contribution in [2.45, 2.75) is 13.8 Å². The number of benzene rings is 2. The van der Waals surface area contributed by atoms with Gasteiger partial charge in [0.05, 0.1) is 24.5 Å². The molecule has 2 aliphatic heterocycles. The largest absolute Gasteiger partial charge is 0.378 e. The number of nitrogens with zero attached hydrogens (tertiary/aromatic N) is 2. The van der Waals surface area contributed by atoms with Crippen molar-refractivity contribution in [2.24, 2.45) is 0 Å². The summed E-state index contributed by atoms with van der Waals surface area (Å²) in [7, 11) is 0. The number of amides is 2. The molecule has 0 unspecified atom stereocenters. The Hall–Kier alpha value is -2.99. The van der Waals surface area contributed by atoms with Gasteiger partial charge >= 0.3 is 0 Å². The smallest absolute Gasteiger partial charge is 0.282 e. The number of anilines is 1. The van der Waals surface area contributed by atoms with Crippen LogP contribution in [0.4, 0.5) is 10.1 Å². The molecular formula is C22H21FN2O3. The highest BCUT2D eigenvalue weighted by Gasteiger charge is 2.42. The highest BCUT2D eigenvalue weighted by Crippen LogP contribution is 2.35. The van der Waals surface area contributed by atoms with E-state index in [1.54, 1.807) is 12.1 Å². The second-order valence-electron chi connectivity index (χ2n) is 7.12. The summed E-state index contributed by atoms with van der Waals surface area (Å²) < 4.78 is 18.8. The fourth-order valence-corrected chi connectivity index (χ4v) is 3.79. The van der Waals surface area contributed by atoms with Gasteiger partial charge in [0.1, 0.15) is 11.5 Å². The molecule has 2 aromatic carbocycles. The molecule has 28 heavy (non-hydrogen) atoms. The molecule has 0 aromatic heterocycles. The quantitative estimate of drug-likeness (QED) is 0.768. The van der Waals surface area contributed by atoms with Crippen LogP contribution >= 0.6 is 0 Å². The molecule has 2 aliphatic rings. The van der Waals surface area contributed by atoms with E-state index in [1.165, 1.54) is 17.0 Å². The molecule has 1 fully saturated rings. The van der Waals surface area contributed by atoms with Gasteiger partial charge < -0.3 is 9.64 Å². The van der Waals surface area contributed by atoms with E-state index in [4.69, 9.17) is 4.74 Å². The molecule has 1 saturated heterocycles. The van der Waals surface area contributed by atoms with E-state index in [0.29, 0.717) is 48.8 Å². The molecule has 0 saturated carbocycles. The zero-order valence-corrected chi connectivity index (χ0v) is 15.9. The summed E-state index contributed by atoms with van der Waals surface area (Å²) in [5.41, 5.74) is 3.70. The number of carbonyl (C=O) groups is 2. The Morgan fingerprint density at radius 3 is 2.11 bits per heavy atom. The topological polar surface area (TPSA) is 49.9 Å². The lowest BCUT2D eigenvalue weighted by Crippen LogP contribution is -2.40. The third kappa shape index (κ3) is 3.20. The summed E-state index contributed by atoms with van der Waals surface area (Å²) in [6, 6.07) is 11.3. The van der Waals surface area contributed by atoms with Crippen molar-refractivity contribution in [2.75, 3.05) is 31.2 Å². The fourth-order valence-electron chi connectivity index (χ4n) is 3.79. The van der Waals surface area contributed by atoms with Crippen LogP contribution in [0.3, 0.4) is 0 Å². The van der Waals surface area contributed by atoms with Crippen LogP contribution in [-0.4, -0.2) is 43.0 Å². The molecule has 0 atom stereocenters. The van der Waals surface area contributed by atoms with Crippen LogP contribution in [0.15, 0.2) is 48.2 Å². The van der Waals surface area contributed by atoms with Crippen LogP contribution in [0.5, 0.6) is 0 Å². The third-order valence-corrected chi connectivity index (χ3v) is 4.98. The van der Waals surface area contributed by atoms with Gasteiger partial charge in [-0.3, -0.25) is 9.59 Å². The number of imide groups is 1. The maximum Gasteiger partial charge on any atom is 0.282 e. The molecule has 6 heteroatoms. The van der Waals surface area contributed by atoms with Crippen molar-refractivity contribution < 1.29 is 18.7 Å². The van der Waals surface area contributed by atoms with Gasteiger partial charge in [-0.25, -0.2) is 9.29 Å². The molecule has 4 rings (SSSR count). The number of halogens is 1. The average molecular weight is 380 g/mol. The molecule has 0 N–H and O–H groups in total. The van der Waals surface area contributed by atoms with E-state index in [1.807, 2.05) is 36.9 Å². The Balaban J connectivity index is 1.84. The van der Waals surface area contributed by atoms with E-state index >= 15 is 0 Å². The monoisotopic (exact) mass is 380 g/mol. The number of carbonyl (C=O) groups excluding carboxylic acids is 2. The third-order valence-electron chi connectivity index (χ3n) is 4.98. The van der Waals surface area contributed by atoms with Crippen molar-refractivity contribution in [1.29, 1.82) is 0 Å². The second-order valence-corrected chi connectivity index (χ2v) is 7.12. The molecule has 2 heterocycles.